The number of halogens is 2. The molecule has 5 nitrogen and oxygen atoms in total. The van der Waals surface area contributed by atoms with Crippen molar-refractivity contribution < 1.29 is 18.3 Å². The molecule has 0 bridgehead atoms. The van der Waals surface area contributed by atoms with Crippen LogP contribution in [-0.2, 0) is 13.2 Å². The zero-order valence-corrected chi connectivity index (χ0v) is 16.5. The molecule has 8 heteroatoms. The zero-order valence-electron chi connectivity index (χ0n) is 15.7. The van der Waals surface area contributed by atoms with Gasteiger partial charge in [0.2, 0.25) is 0 Å². The van der Waals surface area contributed by atoms with Crippen molar-refractivity contribution in [2.75, 3.05) is 5.32 Å². The molecule has 0 fully saturated rings. The summed E-state index contributed by atoms with van der Waals surface area (Å²) in [5, 5.41) is 8.81. The molecule has 1 N–H and O–H groups in total. The predicted octanol–water partition coefficient (Wildman–Crippen LogP) is 5.10. The lowest BCUT2D eigenvalue weighted by atomic mass is 10.2. The predicted molar refractivity (Wildman–Crippen MR) is 111 cm³/mol. The minimum atomic E-state index is -0.365. The summed E-state index contributed by atoms with van der Waals surface area (Å²) in [6.45, 7) is 0.632. The fourth-order valence-corrected chi connectivity index (χ4v) is 3.62. The van der Waals surface area contributed by atoms with Gasteiger partial charge in [-0.25, -0.2) is 8.78 Å². The van der Waals surface area contributed by atoms with Crippen LogP contribution in [0.3, 0.4) is 0 Å². The van der Waals surface area contributed by atoms with Crippen LogP contribution in [0.25, 0.3) is 0 Å². The second-order valence-electron chi connectivity index (χ2n) is 6.58. The average molecular weight is 425 g/mol. The van der Waals surface area contributed by atoms with Crippen molar-refractivity contribution >= 4 is 22.9 Å². The third-order valence-corrected chi connectivity index (χ3v) is 5.18. The molecule has 0 unspecified atom stereocenters. The first-order valence-corrected chi connectivity index (χ1v) is 9.97. The van der Waals surface area contributed by atoms with E-state index in [0.717, 1.165) is 11.1 Å². The summed E-state index contributed by atoms with van der Waals surface area (Å²) < 4.78 is 33.7. The molecule has 2 aromatic carbocycles. The van der Waals surface area contributed by atoms with Crippen LogP contribution in [0.5, 0.6) is 5.75 Å². The van der Waals surface area contributed by atoms with Crippen LogP contribution in [0.2, 0.25) is 0 Å². The minimum Gasteiger partial charge on any atom is -0.489 e. The summed E-state index contributed by atoms with van der Waals surface area (Å²) in [6.07, 6.45) is 3.23. The number of ether oxygens (including phenoxy) is 1. The van der Waals surface area contributed by atoms with Crippen molar-refractivity contribution in [1.29, 1.82) is 0 Å². The van der Waals surface area contributed by atoms with Gasteiger partial charge in [0.25, 0.3) is 5.91 Å². The van der Waals surface area contributed by atoms with Crippen molar-refractivity contribution in [1.82, 2.24) is 9.78 Å². The number of amides is 1. The molecule has 0 atom stereocenters. The van der Waals surface area contributed by atoms with Gasteiger partial charge >= 0.3 is 0 Å². The second-order valence-corrected chi connectivity index (χ2v) is 7.49. The van der Waals surface area contributed by atoms with Gasteiger partial charge in [0.1, 0.15) is 24.0 Å². The second kappa shape index (κ2) is 8.87. The van der Waals surface area contributed by atoms with Gasteiger partial charge in [0.05, 0.1) is 23.3 Å². The number of thiophene rings is 1. The summed E-state index contributed by atoms with van der Waals surface area (Å²) >= 11 is 1.29. The monoisotopic (exact) mass is 425 g/mol. The number of carbonyl (C=O) groups excluding carboxylic acids is 1. The Morgan fingerprint density at radius 3 is 2.67 bits per heavy atom. The third kappa shape index (κ3) is 5.09. The Hall–Kier alpha value is -3.52. The van der Waals surface area contributed by atoms with Gasteiger partial charge < -0.3 is 10.1 Å². The standard InChI is InChI=1S/C22H17F2N3O2S/c23-17-4-1-3-15(7-17)11-27-12-19(10-25-27)26-22(28)21-8-16(14-30-21)13-29-20-6-2-5-18(24)9-20/h1-10,12,14H,11,13H2,(H,26,28). The van der Waals surface area contributed by atoms with E-state index >= 15 is 0 Å². The fraction of sp³-hybridized carbons (Fsp3) is 0.0909. The maximum Gasteiger partial charge on any atom is 0.265 e. The van der Waals surface area contributed by atoms with E-state index in [0.29, 0.717) is 22.9 Å². The van der Waals surface area contributed by atoms with Crippen LogP contribution in [0.15, 0.2) is 72.4 Å². The molecule has 4 rings (SSSR count). The summed E-state index contributed by atoms with van der Waals surface area (Å²) in [7, 11) is 0. The van der Waals surface area contributed by atoms with E-state index < -0.39 is 0 Å². The summed E-state index contributed by atoms with van der Waals surface area (Å²) in [5.74, 6) is -0.501. The SMILES string of the molecule is O=C(Nc1cnn(Cc2cccc(F)c2)c1)c1cc(COc2cccc(F)c2)cs1. The Kier molecular flexibility index (Phi) is 5.85. The van der Waals surface area contributed by atoms with Crippen molar-refractivity contribution in [2.45, 2.75) is 13.2 Å². The number of rotatable bonds is 7. The highest BCUT2D eigenvalue weighted by molar-refractivity contribution is 7.12. The molecule has 152 valence electrons. The van der Waals surface area contributed by atoms with Crippen LogP contribution in [-0.4, -0.2) is 15.7 Å². The smallest absolute Gasteiger partial charge is 0.265 e. The maximum absolute atomic E-state index is 13.3. The van der Waals surface area contributed by atoms with Crippen LogP contribution in [0.4, 0.5) is 14.5 Å². The summed E-state index contributed by atoms with van der Waals surface area (Å²) in [6, 6.07) is 13.9. The molecule has 0 radical (unpaired) electrons. The highest BCUT2D eigenvalue weighted by Crippen LogP contribution is 2.20. The molecular weight excluding hydrogens is 408 g/mol. The van der Waals surface area contributed by atoms with E-state index in [-0.39, 0.29) is 24.1 Å². The minimum absolute atomic E-state index is 0.235. The van der Waals surface area contributed by atoms with Crippen molar-refractivity contribution in [3.8, 4) is 5.75 Å². The molecule has 0 aliphatic carbocycles. The number of hydrogen-bond acceptors (Lipinski definition) is 4. The number of nitrogens with one attached hydrogen (secondary N) is 1. The van der Waals surface area contributed by atoms with Gasteiger partial charge in [-0.2, -0.15) is 5.10 Å². The van der Waals surface area contributed by atoms with E-state index in [1.54, 1.807) is 41.3 Å². The topological polar surface area (TPSA) is 56.2 Å². The lowest BCUT2D eigenvalue weighted by Crippen LogP contribution is -2.09. The Labute approximate surface area is 175 Å². The quantitative estimate of drug-likeness (QED) is 0.448. The maximum atomic E-state index is 13.3. The van der Waals surface area contributed by atoms with Crippen molar-refractivity contribution in [2.24, 2.45) is 0 Å². The Morgan fingerprint density at radius 2 is 1.87 bits per heavy atom. The first-order chi connectivity index (χ1) is 14.5. The number of aromatic nitrogens is 2. The molecule has 2 heterocycles. The first-order valence-electron chi connectivity index (χ1n) is 9.09. The highest BCUT2D eigenvalue weighted by atomic mass is 32.1. The summed E-state index contributed by atoms with van der Waals surface area (Å²) in [4.78, 5) is 13.0. The van der Waals surface area contributed by atoms with E-state index in [9.17, 15) is 13.6 Å². The largest absolute Gasteiger partial charge is 0.489 e. The van der Waals surface area contributed by atoms with Gasteiger partial charge in [-0.15, -0.1) is 11.3 Å². The van der Waals surface area contributed by atoms with Gasteiger partial charge in [-0.1, -0.05) is 18.2 Å². The molecule has 2 aromatic heterocycles. The first kappa shape index (κ1) is 19.8. The van der Waals surface area contributed by atoms with E-state index in [4.69, 9.17) is 4.74 Å². The number of carbonyl (C=O) groups is 1. The van der Waals surface area contributed by atoms with E-state index in [1.807, 2.05) is 11.4 Å². The van der Waals surface area contributed by atoms with Gasteiger partial charge in [0, 0.05) is 17.8 Å². The summed E-state index contributed by atoms with van der Waals surface area (Å²) in [5.41, 5.74) is 2.13. The highest BCUT2D eigenvalue weighted by Gasteiger charge is 2.11. The molecule has 1 amide bonds. The molecule has 0 saturated heterocycles. The van der Waals surface area contributed by atoms with Crippen molar-refractivity contribution in [3.05, 3.63) is 100 Å². The van der Waals surface area contributed by atoms with Crippen LogP contribution in [0.1, 0.15) is 20.8 Å². The van der Waals surface area contributed by atoms with Gasteiger partial charge in [-0.05, 0) is 41.3 Å². The number of benzene rings is 2. The fourth-order valence-electron chi connectivity index (χ4n) is 2.82. The Balaban J connectivity index is 1.34. The van der Waals surface area contributed by atoms with Gasteiger partial charge in [-0.3, -0.25) is 9.48 Å². The van der Waals surface area contributed by atoms with E-state index in [1.165, 1.54) is 35.6 Å². The molecular formula is C22H17F2N3O2S. The molecule has 0 spiro atoms. The van der Waals surface area contributed by atoms with Gasteiger partial charge in [0.15, 0.2) is 0 Å². The third-order valence-electron chi connectivity index (χ3n) is 4.20. The molecule has 0 saturated carbocycles. The van der Waals surface area contributed by atoms with E-state index in [2.05, 4.69) is 10.4 Å². The Morgan fingerprint density at radius 1 is 1.07 bits per heavy atom. The lowest BCUT2D eigenvalue weighted by Gasteiger charge is -2.04. The molecule has 4 aromatic rings. The average Bonchev–Trinajstić information content (AvgIpc) is 3.36. The molecule has 0 aliphatic heterocycles. The lowest BCUT2D eigenvalue weighted by molar-refractivity contribution is 0.103. The number of hydrogen-bond donors (Lipinski definition) is 1. The molecule has 30 heavy (non-hydrogen) atoms. The normalized spacial score (nSPS) is 10.7. The zero-order chi connectivity index (χ0) is 20.9. The van der Waals surface area contributed by atoms with Crippen molar-refractivity contribution in [3.63, 3.8) is 0 Å². The molecule has 0 aliphatic rings. The number of nitrogens with zero attached hydrogens (tertiary/aromatic N) is 2. The van der Waals surface area contributed by atoms with Crippen LogP contribution in [0, 0.1) is 11.6 Å². The number of anilines is 1. The van der Waals surface area contributed by atoms with Crippen LogP contribution < -0.4 is 10.1 Å². The van der Waals surface area contributed by atoms with Crippen LogP contribution >= 0.6 is 11.3 Å². The Bertz CT molecular complexity index is 1170.